The van der Waals surface area contributed by atoms with Crippen molar-refractivity contribution in [3.63, 3.8) is 0 Å². The fraction of sp³-hybridized carbons (Fsp3) is 0.375. The molecule has 21 heavy (non-hydrogen) atoms. The van der Waals surface area contributed by atoms with Gasteiger partial charge in [-0.15, -0.1) is 11.3 Å². The largest absolute Gasteiger partial charge is 0.334 e. The number of aryl methyl sites for hydroxylation is 1. The highest BCUT2D eigenvalue weighted by Crippen LogP contribution is 2.21. The monoisotopic (exact) mass is 300 g/mol. The van der Waals surface area contributed by atoms with E-state index in [1.54, 1.807) is 11.3 Å². The molecule has 0 aliphatic carbocycles. The zero-order valence-electron chi connectivity index (χ0n) is 12.4. The summed E-state index contributed by atoms with van der Waals surface area (Å²) in [6, 6.07) is 8.74. The van der Waals surface area contributed by atoms with E-state index in [0.29, 0.717) is 6.04 Å². The molecule has 0 aliphatic rings. The second-order valence-electron chi connectivity index (χ2n) is 5.31. The van der Waals surface area contributed by atoms with Crippen LogP contribution < -0.4 is 5.32 Å². The van der Waals surface area contributed by atoms with Gasteiger partial charge in [0.2, 0.25) is 0 Å². The third kappa shape index (κ3) is 3.49. The number of rotatable bonds is 6. The summed E-state index contributed by atoms with van der Waals surface area (Å²) in [5.74, 6) is 1.06. The van der Waals surface area contributed by atoms with E-state index in [0.717, 1.165) is 30.9 Å². The summed E-state index contributed by atoms with van der Waals surface area (Å²) in [4.78, 5) is 8.91. The maximum atomic E-state index is 4.66. The van der Waals surface area contributed by atoms with Gasteiger partial charge in [0.15, 0.2) is 0 Å². The van der Waals surface area contributed by atoms with Gasteiger partial charge < -0.3 is 9.88 Å². The molecule has 0 saturated carbocycles. The minimum absolute atomic E-state index is 0.423. The topological polar surface area (TPSA) is 42.7 Å². The lowest BCUT2D eigenvalue weighted by Crippen LogP contribution is -2.32. The van der Waals surface area contributed by atoms with Crippen LogP contribution >= 0.6 is 11.3 Å². The van der Waals surface area contributed by atoms with E-state index in [1.807, 2.05) is 25.4 Å². The van der Waals surface area contributed by atoms with Crippen LogP contribution in [0.15, 0.2) is 36.7 Å². The van der Waals surface area contributed by atoms with Crippen molar-refractivity contribution < 1.29 is 0 Å². The van der Waals surface area contributed by atoms with E-state index in [9.17, 15) is 0 Å². The third-order valence-corrected chi connectivity index (χ3v) is 4.66. The SMILES string of the molecule is Cc1nccn1C[C@@H](C)NCCc1nc2ccccc2s1. The van der Waals surface area contributed by atoms with Gasteiger partial charge in [0.05, 0.1) is 15.2 Å². The van der Waals surface area contributed by atoms with Crippen molar-refractivity contribution in [2.24, 2.45) is 0 Å². The van der Waals surface area contributed by atoms with Gasteiger partial charge in [-0.3, -0.25) is 0 Å². The second kappa shape index (κ2) is 6.37. The molecule has 5 heteroatoms. The molecule has 4 nitrogen and oxygen atoms in total. The van der Waals surface area contributed by atoms with Gasteiger partial charge in [0.25, 0.3) is 0 Å². The molecule has 2 aromatic heterocycles. The molecule has 0 bridgehead atoms. The first kappa shape index (κ1) is 14.2. The number of hydrogen-bond donors (Lipinski definition) is 1. The number of hydrogen-bond acceptors (Lipinski definition) is 4. The van der Waals surface area contributed by atoms with Gasteiger partial charge in [0, 0.05) is 37.9 Å². The number of thiazole rings is 1. The molecule has 3 rings (SSSR count). The molecule has 110 valence electrons. The number of para-hydroxylation sites is 1. The molecule has 1 atom stereocenters. The van der Waals surface area contributed by atoms with Gasteiger partial charge in [0.1, 0.15) is 5.82 Å². The fourth-order valence-corrected chi connectivity index (χ4v) is 3.38. The first-order chi connectivity index (χ1) is 10.2. The lowest BCUT2D eigenvalue weighted by atomic mass is 10.3. The molecule has 0 amide bonds. The molecule has 0 spiro atoms. The first-order valence-electron chi connectivity index (χ1n) is 7.28. The van der Waals surface area contributed by atoms with Crippen molar-refractivity contribution in [2.45, 2.75) is 32.9 Å². The van der Waals surface area contributed by atoms with Crippen molar-refractivity contribution in [1.29, 1.82) is 0 Å². The van der Waals surface area contributed by atoms with Crippen LogP contribution in [0.4, 0.5) is 0 Å². The maximum absolute atomic E-state index is 4.66. The molecule has 3 aromatic rings. The average Bonchev–Trinajstić information content (AvgIpc) is 3.05. The zero-order chi connectivity index (χ0) is 14.7. The molecular weight excluding hydrogens is 280 g/mol. The Kier molecular flexibility index (Phi) is 4.31. The van der Waals surface area contributed by atoms with Gasteiger partial charge >= 0.3 is 0 Å². The summed E-state index contributed by atoms with van der Waals surface area (Å²) >= 11 is 1.79. The van der Waals surface area contributed by atoms with E-state index in [2.05, 4.69) is 45.0 Å². The summed E-state index contributed by atoms with van der Waals surface area (Å²) in [6.07, 6.45) is 4.86. The number of imidazole rings is 1. The Morgan fingerprint density at radius 2 is 2.19 bits per heavy atom. The van der Waals surface area contributed by atoms with Crippen LogP contribution in [0.1, 0.15) is 17.8 Å². The summed E-state index contributed by atoms with van der Waals surface area (Å²) in [5, 5.41) is 4.76. The van der Waals surface area contributed by atoms with Crippen molar-refractivity contribution in [2.75, 3.05) is 6.54 Å². The second-order valence-corrected chi connectivity index (χ2v) is 6.42. The smallest absolute Gasteiger partial charge is 0.105 e. The number of fused-ring (bicyclic) bond motifs is 1. The molecule has 2 heterocycles. The zero-order valence-corrected chi connectivity index (χ0v) is 13.2. The summed E-state index contributed by atoms with van der Waals surface area (Å²) < 4.78 is 3.45. The lowest BCUT2D eigenvalue weighted by molar-refractivity contribution is 0.474. The molecule has 0 unspecified atom stereocenters. The number of nitrogens with zero attached hydrogens (tertiary/aromatic N) is 3. The summed E-state index contributed by atoms with van der Waals surface area (Å²) in [6.45, 7) is 6.14. The van der Waals surface area contributed by atoms with Crippen LogP contribution in [0.5, 0.6) is 0 Å². The van der Waals surface area contributed by atoms with Crippen LogP contribution in [-0.2, 0) is 13.0 Å². The van der Waals surface area contributed by atoms with Crippen LogP contribution in [0.2, 0.25) is 0 Å². The third-order valence-electron chi connectivity index (χ3n) is 3.56. The van der Waals surface area contributed by atoms with E-state index in [1.165, 1.54) is 9.71 Å². The minimum atomic E-state index is 0.423. The molecular formula is C16H20N4S. The van der Waals surface area contributed by atoms with Gasteiger partial charge in [-0.05, 0) is 26.0 Å². The van der Waals surface area contributed by atoms with E-state index >= 15 is 0 Å². The predicted molar refractivity (Wildman–Crippen MR) is 87.8 cm³/mol. The van der Waals surface area contributed by atoms with Gasteiger partial charge in [-0.2, -0.15) is 0 Å². The first-order valence-corrected chi connectivity index (χ1v) is 8.09. The van der Waals surface area contributed by atoms with Crippen LogP contribution in [0, 0.1) is 6.92 Å². The lowest BCUT2D eigenvalue weighted by Gasteiger charge is -2.14. The number of benzene rings is 1. The Bertz CT molecular complexity index is 683. The molecule has 0 fully saturated rings. The maximum Gasteiger partial charge on any atom is 0.105 e. The highest BCUT2D eigenvalue weighted by atomic mass is 32.1. The Labute approximate surface area is 128 Å². The molecule has 1 N–H and O–H groups in total. The van der Waals surface area contributed by atoms with E-state index in [-0.39, 0.29) is 0 Å². The molecule has 0 aliphatic heterocycles. The van der Waals surface area contributed by atoms with Crippen molar-refractivity contribution in [1.82, 2.24) is 19.9 Å². The Morgan fingerprint density at radius 3 is 2.95 bits per heavy atom. The minimum Gasteiger partial charge on any atom is -0.334 e. The van der Waals surface area contributed by atoms with Crippen LogP contribution in [0.3, 0.4) is 0 Å². The molecule has 0 saturated heterocycles. The van der Waals surface area contributed by atoms with Crippen LogP contribution in [-0.4, -0.2) is 27.1 Å². The van der Waals surface area contributed by atoms with Gasteiger partial charge in [-0.1, -0.05) is 12.1 Å². The predicted octanol–water partition coefficient (Wildman–Crippen LogP) is 3.02. The summed E-state index contributed by atoms with van der Waals surface area (Å²) in [7, 11) is 0. The Balaban J connectivity index is 1.50. The van der Waals surface area contributed by atoms with Crippen molar-refractivity contribution in [3.8, 4) is 0 Å². The normalized spacial score (nSPS) is 12.9. The Hall–Kier alpha value is -1.72. The van der Waals surface area contributed by atoms with E-state index < -0.39 is 0 Å². The van der Waals surface area contributed by atoms with Gasteiger partial charge in [-0.25, -0.2) is 9.97 Å². The summed E-state index contributed by atoms with van der Waals surface area (Å²) in [5.41, 5.74) is 1.11. The standard InChI is InChI=1S/C16H20N4S/c1-12(11-20-10-9-18-13(20)2)17-8-7-16-19-14-5-3-4-6-15(14)21-16/h3-6,9-10,12,17H,7-8,11H2,1-2H3/t12-/m1/s1. The Morgan fingerprint density at radius 1 is 1.33 bits per heavy atom. The van der Waals surface area contributed by atoms with Crippen molar-refractivity contribution >= 4 is 21.6 Å². The van der Waals surface area contributed by atoms with E-state index in [4.69, 9.17) is 0 Å². The highest BCUT2D eigenvalue weighted by molar-refractivity contribution is 7.18. The fourth-order valence-electron chi connectivity index (χ4n) is 2.41. The highest BCUT2D eigenvalue weighted by Gasteiger charge is 2.06. The van der Waals surface area contributed by atoms with Crippen LogP contribution in [0.25, 0.3) is 10.2 Å². The van der Waals surface area contributed by atoms with Crippen molar-refractivity contribution in [3.05, 3.63) is 47.5 Å². The quantitative estimate of drug-likeness (QED) is 0.761. The molecule has 0 radical (unpaired) electrons. The average molecular weight is 300 g/mol. The number of aromatic nitrogens is 3. The number of nitrogens with one attached hydrogen (secondary N) is 1. The molecule has 1 aromatic carbocycles.